The molecule has 0 unspecified atom stereocenters. The molecule has 0 fully saturated rings. The predicted molar refractivity (Wildman–Crippen MR) is 82.6 cm³/mol. The van der Waals surface area contributed by atoms with Gasteiger partial charge in [0.1, 0.15) is 6.54 Å². The fourth-order valence-electron chi connectivity index (χ4n) is 1.88. The Hall–Kier alpha value is -2.14. The summed E-state index contributed by atoms with van der Waals surface area (Å²) in [6, 6.07) is 8.40. The molecule has 0 spiro atoms. The fraction of sp³-hybridized carbons (Fsp3) is 0.267. The van der Waals surface area contributed by atoms with E-state index in [1.54, 1.807) is 24.3 Å². The maximum atomic E-state index is 11.9. The van der Waals surface area contributed by atoms with Crippen LogP contribution in [0, 0.1) is 0 Å². The number of amides is 1. The number of aromatic nitrogens is 2. The molecule has 0 aliphatic rings. The summed E-state index contributed by atoms with van der Waals surface area (Å²) in [4.78, 5) is 28.0. The van der Waals surface area contributed by atoms with Crippen molar-refractivity contribution in [2.24, 2.45) is 0 Å². The van der Waals surface area contributed by atoms with E-state index in [1.807, 2.05) is 6.92 Å². The van der Waals surface area contributed by atoms with Crippen LogP contribution in [0.15, 0.2) is 41.5 Å². The summed E-state index contributed by atoms with van der Waals surface area (Å²) in [6.07, 6.45) is 3.07. The molecule has 1 N–H and O–H groups in total. The van der Waals surface area contributed by atoms with Gasteiger partial charge in [-0.1, -0.05) is 37.1 Å². The van der Waals surface area contributed by atoms with E-state index in [1.165, 1.54) is 17.0 Å². The number of hydrogen-bond donors (Lipinski definition) is 1. The number of para-hydroxylation sites is 1. The third-order valence-electron chi connectivity index (χ3n) is 2.90. The van der Waals surface area contributed by atoms with Crippen LogP contribution in [0.5, 0.6) is 0 Å². The van der Waals surface area contributed by atoms with Crippen molar-refractivity contribution in [2.75, 3.05) is 5.32 Å². The molecule has 1 amide bonds. The van der Waals surface area contributed by atoms with Crippen molar-refractivity contribution in [1.82, 2.24) is 9.55 Å². The van der Waals surface area contributed by atoms with Gasteiger partial charge in [0.25, 0.3) is 5.56 Å². The first kappa shape index (κ1) is 15.3. The predicted octanol–water partition coefficient (Wildman–Crippen LogP) is 2.49. The van der Waals surface area contributed by atoms with Crippen LogP contribution in [0.4, 0.5) is 5.69 Å². The number of carbonyl (C=O) groups excluding carboxylic acids is 1. The topological polar surface area (TPSA) is 64.0 Å². The Morgan fingerprint density at radius 3 is 2.81 bits per heavy atom. The largest absolute Gasteiger partial charge is 0.323 e. The lowest BCUT2D eigenvalue weighted by Gasteiger charge is -2.08. The lowest BCUT2D eigenvalue weighted by atomic mass is 10.2. The number of rotatable bonds is 5. The zero-order chi connectivity index (χ0) is 15.2. The zero-order valence-corrected chi connectivity index (χ0v) is 12.4. The molecule has 0 saturated carbocycles. The zero-order valence-electron chi connectivity index (χ0n) is 11.7. The molecule has 0 radical (unpaired) electrons. The lowest BCUT2D eigenvalue weighted by molar-refractivity contribution is -0.116. The van der Waals surface area contributed by atoms with Gasteiger partial charge < -0.3 is 5.32 Å². The van der Waals surface area contributed by atoms with Gasteiger partial charge in [0.05, 0.1) is 17.0 Å². The molecule has 1 heterocycles. The maximum Gasteiger partial charge on any atom is 0.253 e. The normalized spacial score (nSPS) is 10.4. The fourth-order valence-corrected chi connectivity index (χ4v) is 2.07. The van der Waals surface area contributed by atoms with Crippen molar-refractivity contribution >= 4 is 23.2 Å². The van der Waals surface area contributed by atoms with Crippen LogP contribution in [0.1, 0.15) is 19.0 Å². The Balaban J connectivity index is 2.06. The molecule has 0 saturated heterocycles. The van der Waals surface area contributed by atoms with Crippen LogP contribution in [0.2, 0.25) is 5.02 Å². The van der Waals surface area contributed by atoms with E-state index in [9.17, 15) is 9.59 Å². The van der Waals surface area contributed by atoms with Crippen LogP contribution >= 0.6 is 11.6 Å². The lowest BCUT2D eigenvalue weighted by Crippen LogP contribution is -2.28. The van der Waals surface area contributed by atoms with Gasteiger partial charge in [0.15, 0.2) is 0 Å². The molecule has 0 atom stereocenters. The van der Waals surface area contributed by atoms with Crippen LogP contribution in [0.25, 0.3) is 0 Å². The van der Waals surface area contributed by atoms with E-state index in [-0.39, 0.29) is 18.0 Å². The number of anilines is 1. The average molecular weight is 306 g/mol. The van der Waals surface area contributed by atoms with Crippen molar-refractivity contribution in [2.45, 2.75) is 26.3 Å². The van der Waals surface area contributed by atoms with Crippen molar-refractivity contribution in [3.05, 3.63) is 57.7 Å². The Bertz CT molecular complexity index is 697. The summed E-state index contributed by atoms with van der Waals surface area (Å²) in [5.41, 5.74) is 1.03. The number of carbonyl (C=O) groups is 1. The molecule has 1 aromatic heterocycles. The molecule has 110 valence electrons. The van der Waals surface area contributed by atoms with Gasteiger partial charge in [-0.2, -0.15) is 0 Å². The van der Waals surface area contributed by atoms with Crippen molar-refractivity contribution < 1.29 is 4.79 Å². The van der Waals surface area contributed by atoms with Gasteiger partial charge in [0, 0.05) is 11.8 Å². The minimum absolute atomic E-state index is 0.0938. The second-order valence-corrected chi connectivity index (χ2v) is 5.03. The molecule has 0 aliphatic carbocycles. The SMILES string of the molecule is CCCc1cc(=O)n(CC(=O)Nc2ccccc2Cl)cn1. The molecule has 1 aromatic carbocycles. The number of halogens is 1. The molecule has 2 rings (SSSR count). The molecule has 21 heavy (non-hydrogen) atoms. The second-order valence-electron chi connectivity index (χ2n) is 4.62. The van der Waals surface area contributed by atoms with Crippen LogP contribution < -0.4 is 10.9 Å². The number of benzene rings is 1. The number of hydrogen-bond acceptors (Lipinski definition) is 3. The van der Waals surface area contributed by atoms with Gasteiger partial charge >= 0.3 is 0 Å². The van der Waals surface area contributed by atoms with Crippen molar-refractivity contribution in [3.63, 3.8) is 0 Å². The van der Waals surface area contributed by atoms with Gasteiger partial charge in [-0.15, -0.1) is 0 Å². The second kappa shape index (κ2) is 7.04. The van der Waals surface area contributed by atoms with E-state index in [2.05, 4.69) is 10.3 Å². The standard InChI is InChI=1S/C15H16ClN3O2/c1-2-5-11-8-15(21)19(10-17-11)9-14(20)18-13-7-4-3-6-12(13)16/h3-4,6-8,10H,2,5,9H2,1H3,(H,18,20). The number of aryl methyl sites for hydroxylation is 1. The summed E-state index contributed by atoms with van der Waals surface area (Å²) < 4.78 is 1.27. The highest BCUT2D eigenvalue weighted by Crippen LogP contribution is 2.20. The summed E-state index contributed by atoms with van der Waals surface area (Å²) in [5.74, 6) is -0.324. The molecule has 0 aliphatic heterocycles. The first-order valence-electron chi connectivity index (χ1n) is 6.70. The van der Waals surface area contributed by atoms with E-state index in [4.69, 9.17) is 11.6 Å². The first-order chi connectivity index (χ1) is 10.1. The summed E-state index contributed by atoms with van der Waals surface area (Å²) in [7, 11) is 0. The van der Waals surface area contributed by atoms with E-state index >= 15 is 0 Å². The summed E-state index contributed by atoms with van der Waals surface area (Å²) in [6.45, 7) is 1.92. The van der Waals surface area contributed by atoms with Crippen LogP contribution in [-0.2, 0) is 17.8 Å². The molecule has 0 bridgehead atoms. The molecule has 2 aromatic rings. The highest BCUT2D eigenvalue weighted by molar-refractivity contribution is 6.33. The summed E-state index contributed by atoms with van der Waals surface area (Å²) in [5, 5.41) is 3.12. The monoisotopic (exact) mass is 305 g/mol. The Morgan fingerprint density at radius 1 is 1.38 bits per heavy atom. The Morgan fingerprint density at radius 2 is 2.14 bits per heavy atom. The summed E-state index contributed by atoms with van der Waals surface area (Å²) >= 11 is 5.96. The highest BCUT2D eigenvalue weighted by Gasteiger charge is 2.08. The van der Waals surface area contributed by atoms with Crippen molar-refractivity contribution in [1.29, 1.82) is 0 Å². The number of nitrogens with one attached hydrogen (secondary N) is 1. The van der Waals surface area contributed by atoms with Crippen LogP contribution in [0.3, 0.4) is 0 Å². The third-order valence-corrected chi connectivity index (χ3v) is 3.23. The van der Waals surface area contributed by atoms with Gasteiger partial charge in [0.2, 0.25) is 5.91 Å². The third kappa shape index (κ3) is 4.16. The first-order valence-corrected chi connectivity index (χ1v) is 7.07. The van der Waals surface area contributed by atoms with Gasteiger partial charge in [-0.05, 0) is 18.6 Å². The smallest absolute Gasteiger partial charge is 0.253 e. The quantitative estimate of drug-likeness (QED) is 0.923. The van der Waals surface area contributed by atoms with Crippen molar-refractivity contribution in [3.8, 4) is 0 Å². The van der Waals surface area contributed by atoms with Crippen LogP contribution in [-0.4, -0.2) is 15.5 Å². The molecule has 6 heteroatoms. The van der Waals surface area contributed by atoms with Gasteiger partial charge in [-0.3, -0.25) is 14.2 Å². The maximum absolute atomic E-state index is 11.9. The number of nitrogens with zero attached hydrogens (tertiary/aromatic N) is 2. The molecule has 5 nitrogen and oxygen atoms in total. The van der Waals surface area contributed by atoms with E-state index < -0.39 is 0 Å². The van der Waals surface area contributed by atoms with E-state index in [0.29, 0.717) is 10.7 Å². The highest BCUT2D eigenvalue weighted by atomic mass is 35.5. The molecular weight excluding hydrogens is 290 g/mol. The van der Waals surface area contributed by atoms with E-state index in [0.717, 1.165) is 18.5 Å². The minimum atomic E-state index is -0.324. The molecular formula is C15H16ClN3O2. The Kier molecular flexibility index (Phi) is 5.11. The average Bonchev–Trinajstić information content (AvgIpc) is 2.45. The minimum Gasteiger partial charge on any atom is -0.323 e. The Labute approximate surface area is 127 Å². The van der Waals surface area contributed by atoms with Gasteiger partial charge in [-0.25, -0.2) is 4.98 Å².